The third-order valence-electron chi connectivity index (χ3n) is 4.13. The molecular weight excluding hydrogens is 348 g/mol. The molecule has 3 aromatic heterocycles. The minimum absolute atomic E-state index is 0.0230. The van der Waals surface area contributed by atoms with Crippen LogP contribution in [0.5, 0.6) is 0 Å². The van der Waals surface area contributed by atoms with Crippen LogP contribution in [0.3, 0.4) is 0 Å². The first-order chi connectivity index (χ1) is 13.2. The van der Waals surface area contributed by atoms with Crippen molar-refractivity contribution in [2.45, 2.75) is 20.0 Å². The lowest BCUT2D eigenvalue weighted by Gasteiger charge is -2.03. The molecule has 136 valence electrons. The number of nitrogens with zero attached hydrogens (tertiary/aromatic N) is 3. The van der Waals surface area contributed by atoms with E-state index in [4.69, 9.17) is 8.94 Å². The molecule has 0 unspecified atom stereocenters. The summed E-state index contributed by atoms with van der Waals surface area (Å²) in [6.45, 7) is 2.82. The fourth-order valence-electron chi connectivity index (χ4n) is 2.78. The molecule has 1 aromatic carbocycles. The van der Waals surface area contributed by atoms with Crippen LogP contribution in [0.4, 0.5) is 0 Å². The van der Waals surface area contributed by atoms with Gasteiger partial charge in [-0.1, -0.05) is 17.3 Å². The normalized spacial score (nSPS) is 11.0. The van der Waals surface area contributed by atoms with Gasteiger partial charge in [-0.3, -0.25) is 9.59 Å². The second kappa shape index (κ2) is 6.91. The highest BCUT2D eigenvalue weighted by atomic mass is 16.5. The first kappa shape index (κ1) is 16.8. The Morgan fingerprint density at radius 1 is 1.22 bits per heavy atom. The van der Waals surface area contributed by atoms with Gasteiger partial charge in [0, 0.05) is 18.8 Å². The molecule has 1 amide bonds. The van der Waals surface area contributed by atoms with Gasteiger partial charge in [0.25, 0.3) is 5.91 Å². The van der Waals surface area contributed by atoms with Gasteiger partial charge in [-0.05, 0) is 31.2 Å². The van der Waals surface area contributed by atoms with Crippen LogP contribution >= 0.6 is 0 Å². The zero-order chi connectivity index (χ0) is 18.8. The van der Waals surface area contributed by atoms with Gasteiger partial charge in [0.15, 0.2) is 11.2 Å². The van der Waals surface area contributed by atoms with Crippen molar-refractivity contribution in [1.29, 1.82) is 0 Å². The predicted octanol–water partition coefficient (Wildman–Crippen LogP) is 2.59. The third-order valence-corrected chi connectivity index (χ3v) is 4.13. The van der Waals surface area contributed by atoms with Crippen LogP contribution < -0.4 is 10.7 Å². The minimum atomic E-state index is -0.533. The Balaban J connectivity index is 1.49. The third kappa shape index (κ3) is 3.24. The fourth-order valence-corrected chi connectivity index (χ4v) is 2.78. The van der Waals surface area contributed by atoms with Crippen molar-refractivity contribution in [3.63, 3.8) is 0 Å². The number of carbonyl (C=O) groups is 1. The molecular formula is C19H16N4O4. The number of aryl methyl sites for hydroxylation is 1. The fraction of sp³-hybridized carbons (Fsp3) is 0.158. The summed E-state index contributed by atoms with van der Waals surface area (Å²) in [7, 11) is 0. The van der Waals surface area contributed by atoms with E-state index in [-0.39, 0.29) is 23.6 Å². The summed E-state index contributed by atoms with van der Waals surface area (Å²) in [5.74, 6) is 0.0986. The summed E-state index contributed by atoms with van der Waals surface area (Å²) in [5, 5.41) is 6.99. The molecule has 1 N–H and O–H groups in total. The maximum atomic E-state index is 12.3. The molecule has 0 aliphatic rings. The summed E-state index contributed by atoms with van der Waals surface area (Å²) >= 11 is 0. The van der Waals surface area contributed by atoms with Gasteiger partial charge >= 0.3 is 0 Å². The number of amides is 1. The number of rotatable bonds is 5. The predicted molar refractivity (Wildman–Crippen MR) is 97.1 cm³/mol. The molecule has 0 bridgehead atoms. The quantitative estimate of drug-likeness (QED) is 0.584. The maximum absolute atomic E-state index is 12.3. The van der Waals surface area contributed by atoms with Crippen molar-refractivity contribution in [1.82, 2.24) is 20.0 Å². The van der Waals surface area contributed by atoms with Crippen LogP contribution in [0.2, 0.25) is 0 Å². The van der Waals surface area contributed by atoms with Crippen molar-refractivity contribution < 1.29 is 13.7 Å². The van der Waals surface area contributed by atoms with Crippen LogP contribution in [-0.4, -0.2) is 20.6 Å². The van der Waals surface area contributed by atoms with Gasteiger partial charge in [0.05, 0.1) is 17.6 Å². The van der Waals surface area contributed by atoms with Crippen LogP contribution in [0.1, 0.15) is 23.4 Å². The van der Waals surface area contributed by atoms with E-state index in [1.54, 1.807) is 24.3 Å². The van der Waals surface area contributed by atoms with Gasteiger partial charge in [0.2, 0.25) is 11.7 Å². The zero-order valence-corrected chi connectivity index (χ0v) is 14.5. The molecule has 0 atom stereocenters. The number of para-hydroxylation sites is 1. The standard InChI is InChI=1S/C19H16N4O4/c1-2-23-9-5-7-13(23)18-21-17(27-22-18)11-20-19(25)16-10-14(24)12-6-3-4-8-15(12)26-16/h3-10H,2,11H2,1H3,(H,20,25). The Bertz CT molecular complexity index is 1170. The Hall–Kier alpha value is -3.68. The molecule has 4 rings (SSSR count). The Labute approximate surface area is 153 Å². The van der Waals surface area contributed by atoms with E-state index in [1.807, 2.05) is 29.8 Å². The number of carbonyl (C=O) groups excluding carboxylic acids is 1. The average Bonchev–Trinajstić information content (AvgIpc) is 3.34. The molecule has 27 heavy (non-hydrogen) atoms. The van der Waals surface area contributed by atoms with E-state index in [2.05, 4.69) is 15.5 Å². The molecule has 0 radical (unpaired) electrons. The molecule has 0 saturated carbocycles. The maximum Gasteiger partial charge on any atom is 0.287 e. The second-order valence-corrected chi connectivity index (χ2v) is 5.84. The lowest BCUT2D eigenvalue weighted by Crippen LogP contribution is -2.24. The number of benzene rings is 1. The Kier molecular flexibility index (Phi) is 4.29. The molecule has 8 heteroatoms. The van der Waals surface area contributed by atoms with Crippen molar-refractivity contribution in [2.24, 2.45) is 0 Å². The van der Waals surface area contributed by atoms with Crippen LogP contribution in [0.25, 0.3) is 22.5 Å². The highest BCUT2D eigenvalue weighted by Crippen LogP contribution is 2.17. The average molecular weight is 364 g/mol. The first-order valence-electron chi connectivity index (χ1n) is 8.45. The number of hydrogen-bond acceptors (Lipinski definition) is 6. The molecule has 0 saturated heterocycles. The zero-order valence-electron chi connectivity index (χ0n) is 14.5. The highest BCUT2D eigenvalue weighted by molar-refractivity contribution is 5.93. The van der Waals surface area contributed by atoms with E-state index in [0.717, 1.165) is 12.2 Å². The first-order valence-corrected chi connectivity index (χ1v) is 8.45. The van der Waals surface area contributed by atoms with Crippen LogP contribution in [0, 0.1) is 0 Å². The Morgan fingerprint density at radius 3 is 2.93 bits per heavy atom. The lowest BCUT2D eigenvalue weighted by atomic mass is 10.2. The lowest BCUT2D eigenvalue weighted by molar-refractivity contribution is 0.0919. The van der Waals surface area contributed by atoms with Crippen molar-refractivity contribution in [3.8, 4) is 11.5 Å². The summed E-state index contributed by atoms with van der Waals surface area (Å²) in [4.78, 5) is 28.7. The highest BCUT2D eigenvalue weighted by Gasteiger charge is 2.15. The second-order valence-electron chi connectivity index (χ2n) is 5.84. The number of nitrogens with one attached hydrogen (secondary N) is 1. The molecule has 0 aliphatic carbocycles. The molecule has 8 nitrogen and oxygen atoms in total. The van der Waals surface area contributed by atoms with E-state index < -0.39 is 5.91 Å². The number of hydrogen-bond donors (Lipinski definition) is 1. The van der Waals surface area contributed by atoms with Crippen LogP contribution in [0.15, 0.2) is 62.4 Å². The van der Waals surface area contributed by atoms with Crippen molar-refractivity contribution >= 4 is 16.9 Å². The molecule has 0 spiro atoms. The molecule has 3 heterocycles. The van der Waals surface area contributed by atoms with Crippen molar-refractivity contribution in [2.75, 3.05) is 0 Å². The summed E-state index contributed by atoms with van der Waals surface area (Å²) in [6, 6.07) is 11.7. The van der Waals surface area contributed by atoms with Gasteiger partial charge in [-0.25, -0.2) is 0 Å². The molecule has 0 aliphatic heterocycles. The largest absolute Gasteiger partial charge is 0.451 e. The van der Waals surface area contributed by atoms with Crippen molar-refractivity contribution in [3.05, 3.63) is 70.5 Å². The number of aromatic nitrogens is 3. The number of fused-ring (bicyclic) bond motifs is 1. The minimum Gasteiger partial charge on any atom is -0.451 e. The van der Waals surface area contributed by atoms with E-state index in [1.165, 1.54) is 6.07 Å². The molecule has 4 aromatic rings. The van der Waals surface area contributed by atoms with E-state index >= 15 is 0 Å². The topological polar surface area (TPSA) is 103 Å². The van der Waals surface area contributed by atoms with E-state index in [0.29, 0.717) is 16.8 Å². The summed E-state index contributed by atoms with van der Waals surface area (Å²) < 4.78 is 12.7. The van der Waals surface area contributed by atoms with E-state index in [9.17, 15) is 9.59 Å². The van der Waals surface area contributed by atoms with Gasteiger partial charge in [0.1, 0.15) is 5.58 Å². The van der Waals surface area contributed by atoms with Crippen LogP contribution in [-0.2, 0) is 13.1 Å². The van der Waals surface area contributed by atoms with Gasteiger partial charge in [-0.2, -0.15) is 4.98 Å². The molecule has 0 fully saturated rings. The Morgan fingerprint density at radius 2 is 2.07 bits per heavy atom. The van der Waals surface area contributed by atoms with Gasteiger partial charge < -0.3 is 18.8 Å². The summed E-state index contributed by atoms with van der Waals surface area (Å²) in [5.41, 5.74) is 0.914. The van der Waals surface area contributed by atoms with Gasteiger partial charge in [-0.15, -0.1) is 0 Å². The SMILES string of the molecule is CCn1cccc1-c1noc(CNC(=O)c2cc(=O)c3ccccc3o2)n1. The monoisotopic (exact) mass is 364 g/mol. The summed E-state index contributed by atoms with van der Waals surface area (Å²) in [6.07, 6.45) is 1.93. The smallest absolute Gasteiger partial charge is 0.287 e.